The molecule has 2 heterocycles. The SMILES string of the molecule is CN=C(NCC(CC(C)C)N1CCOCC1)NCC(C)N1CCOCC1C.I. The molecule has 0 bridgehead atoms. The van der Waals surface area contributed by atoms with E-state index in [1.165, 1.54) is 6.42 Å². The summed E-state index contributed by atoms with van der Waals surface area (Å²) in [5.74, 6) is 1.57. The van der Waals surface area contributed by atoms with Gasteiger partial charge in [-0.05, 0) is 26.2 Å². The zero-order chi connectivity index (χ0) is 19.6. The van der Waals surface area contributed by atoms with E-state index in [1.807, 2.05) is 7.05 Å². The van der Waals surface area contributed by atoms with E-state index < -0.39 is 0 Å². The molecule has 0 aromatic rings. The monoisotopic (exact) mass is 511 g/mol. The predicted octanol–water partition coefficient (Wildman–Crippen LogP) is 1.63. The smallest absolute Gasteiger partial charge is 0.191 e. The highest BCUT2D eigenvalue weighted by Crippen LogP contribution is 2.13. The molecule has 3 atom stereocenters. The summed E-state index contributed by atoms with van der Waals surface area (Å²) in [5.41, 5.74) is 0. The maximum atomic E-state index is 5.55. The number of ether oxygens (including phenoxy) is 2. The Morgan fingerprint density at radius 3 is 2.29 bits per heavy atom. The third kappa shape index (κ3) is 8.69. The summed E-state index contributed by atoms with van der Waals surface area (Å²) in [7, 11) is 1.85. The lowest BCUT2D eigenvalue weighted by atomic mass is 10.0. The molecule has 3 unspecified atom stereocenters. The third-order valence-corrected chi connectivity index (χ3v) is 5.58. The van der Waals surface area contributed by atoms with Crippen LogP contribution in [-0.2, 0) is 9.47 Å². The molecule has 0 spiro atoms. The second-order valence-corrected chi connectivity index (χ2v) is 8.28. The summed E-state index contributed by atoms with van der Waals surface area (Å²) in [4.78, 5) is 9.50. The van der Waals surface area contributed by atoms with Gasteiger partial charge in [-0.15, -0.1) is 24.0 Å². The maximum absolute atomic E-state index is 5.55. The van der Waals surface area contributed by atoms with Crippen LogP contribution in [0.25, 0.3) is 0 Å². The summed E-state index contributed by atoms with van der Waals surface area (Å²) in [6.45, 7) is 17.3. The van der Waals surface area contributed by atoms with Crippen molar-refractivity contribution in [2.75, 3.05) is 66.2 Å². The van der Waals surface area contributed by atoms with E-state index in [2.05, 4.69) is 53.1 Å². The van der Waals surface area contributed by atoms with E-state index >= 15 is 0 Å². The summed E-state index contributed by atoms with van der Waals surface area (Å²) in [6, 6.07) is 1.44. The highest BCUT2D eigenvalue weighted by atomic mass is 127. The van der Waals surface area contributed by atoms with Gasteiger partial charge in [0.05, 0.1) is 26.4 Å². The van der Waals surface area contributed by atoms with Crippen molar-refractivity contribution in [1.82, 2.24) is 20.4 Å². The normalized spacial score (nSPS) is 24.5. The van der Waals surface area contributed by atoms with E-state index in [1.54, 1.807) is 0 Å². The fourth-order valence-electron chi connectivity index (χ4n) is 4.04. The molecule has 166 valence electrons. The van der Waals surface area contributed by atoms with E-state index in [-0.39, 0.29) is 24.0 Å². The molecule has 8 heteroatoms. The Morgan fingerprint density at radius 2 is 1.68 bits per heavy atom. The first-order valence-electron chi connectivity index (χ1n) is 10.6. The summed E-state index contributed by atoms with van der Waals surface area (Å²) >= 11 is 0. The molecule has 0 amide bonds. The van der Waals surface area contributed by atoms with Crippen molar-refractivity contribution < 1.29 is 9.47 Å². The highest BCUT2D eigenvalue weighted by Gasteiger charge is 2.24. The van der Waals surface area contributed by atoms with Crippen LogP contribution in [-0.4, -0.2) is 100 Å². The Morgan fingerprint density at radius 1 is 1.04 bits per heavy atom. The topological polar surface area (TPSA) is 61.4 Å². The Balaban J connectivity index is 0.00000392. The Bertz CT molecular complexity index is 446. The second kappa shape index (κ2) is 14.0. The molecule has 0 aromatic carbocycles. The molecular weight excluding hydrogens is 469 g/mol. The number of morpholine rings is 2. The van der Waals surface area contributed by atoms with Gasteiger partial charge in [0, 0.05) is 57.9 Å². The number of nitrogens with zero attached hydrogens (tertiary/aromatic N) is 3. The number of nitrogens with one attached hydrogen (secondary N) is 2. The van der Waals surface area contributed by atoms with Gasteiger partial charge in [0.15, 0.2) is 5.96 Å². The van der Waals surface area contributed by atoms with Gasteiger partial charge in [-0.1, -0.05) is 13.8 Å². The number of guanidine groups is 1. The van der Waals surface area contributed by atoms with Crippen LogP contribution >= 0.6 is 24.0 Å². The highest BCUT2D eigenvalue weighted by molar-refractivity contribution is 14.0. The Hall–Kier alpha value is -0.160. The fourth-order valence-corrected chi connectivity index (χ4v) is 4.04. The van der Waals surface area contributed by atoms with E-state index in [0.717, 1.165) is 65.1 Å². The number of halogens is 1. The molecule has 2 aliphatic heterocycles. The van der Waals surface area contributed by atoms with Gasteiger partial charge >= 0.3 is 0 Å². The summed E-state index contributed by atoms with van der Waals surface area (Å²) in [5, 5.41) is 7.07. The zero-order valence-electron chi connectivity index (χ0n) is 18.4. The number of hydrogen-bond donors (Lipinski definition) is 2. The molecule has 2 aliphatic rings. The Labute approximate surface area is 189 Å². The standard InChI is InChI=1S/C20H41N5O2.HI/c1-16(2)12-19(24-6-9-26-10-7-24)14-23-20(21-5)22-13-17(3)25-8-11-27-15-18(25)4;/h16-19H,6-15H2,1-5H3,(H2,21,22,23);1H. The average Bonchev–Trinajstić information content (AvgIpc) is 2.67. The van der Waals surface area contributed by atoms with Crippen LogP contribution in [0.2, 0.25) is 0 Å². The third-order valence-electron chi connectivity index (χ3n) is 5.58. The molecule has 2 saturated heterocycles. The van der Waals surface area contributed by atoms with Crippen molar-refractivity contribution in [3.05, 3.63) is 0 Å². The first kappa shape index (κ1) is 25.9. The van der Waals surface area contributed by atoms with Crippen molar-refractivity contribution in [2.45, 2.75) is 52.2 Å². The summed E-state index contributed by atoms with van der Waals surface area (Å²) < 4.78 is 11.1. The zero-order valence-corrected chi connectivity index (χ0v) is 20.8. The van der Waals surface area contributed by atoms with Crippen LogP contribution in [0.5, 0.6) is 0 Å². The van der Waals surface area contributed by atoms with Crippen LogP contribution in [0, 0.1) is 5.92 Å². The quantitative estimate of drug-likeness (QED) is 0.294. The van der Waals surface area contributed by atoms with Gasteiger partial charge in [0.2, 0.25) is 0 Å². The van der Waals surface area contributed by atoms with E-state index in [0.29, 0.717) is 24.0 Å². The molecule has 0 aliphatic carbocycles. The molecule has 0 saturated carbocycles. The molecule has 28 heavy (non-hydrogen) atoms. The first-order chi connectivity index (χ1) is 13.0. The molecule has 2 rings (SSSR count). The molecular formula is C20H42IN5O2. The van der Waals surface area contributed by atoms with Crippen molar-refractivity contribution in [3.63, 3.8) is 0 Å². The first-order valence-corrected chi connectivity index (χ1v) is 10.6. The minimum absolute atomic E-state index is 0. The van der Waals surface area contributed by atoms with Crippen molar-refractivity contribution in [3.8, 4) is 0 Å². The maximum Gasteiger partial charge on any atom is 0.191 e. The number of aliphatic imine (C=N–C) groups is 1. The Kier molecular flexibility index (Phi) is 12.9. The van der Waals surface area contributed by atoms with Crippen LogP contribution in [0.3, 0.4) is 0 Å². The van der Waals surface area contributed by atoms with Gasteiger partial charge in [-0.2, -0.15) is 0 Å². The van der Waals surface area contributed by atoms with E-state index in [4.69, 9.17) is 9.47 Å². The van der Waals surface area contributed by atoms with Gasteiger partial charge in [0.1, 0.15) is 0 Å². The van der Waals surface area contributed by atoms with Crippen molar-refractivity contribution >= 4 is 29.9 Å². The predicted molar refractivity (Wildman–Crippen MR) is 127 cm³/mol. The van der Waals surface area contributed by atoms with Crippen LogP contribution < -0.4 is 10.6 Å². The number of rotatable bonds is 8. The summed E-state index contributed by atoms with van der Waals surface area (Å²) in [6.07, 6.45) is 1.19. The fraction of sp³-hybridized carbons (Fsp3) is 0.950. The minimum atomic E-state index is 0. The van der Waals surface area contributed by atoms with Crippen LogP contribution in [0.4, 0.5) is 0 Å². The lowest BCUT2D eigenvalue weighted by Crippen LogP contribution is -2.54. The molecule has 2 N–H and O–H groups in total. The molecule has 0 aromatic heterocycles. The minimum Gasteiger partial charge on any atom is -0.379 e. The molecule has 0 radical (unpaired) electrons. The van der Waals surface area contributed by atoms with E-state index in [9.17, 15) is 0 Å². The van der Waals surface area contributed by atoms with Crippen molar-refractivity contribution in [2.24, 2.45) is 10.9 Å². The van der Waals surface area contributed by atoms with Gasteiger partial charge in [-0.25, -0.2) is 0 Å². The lowest BCUT2D eigenvalue weighted by Gasteiger charge is -2.38. The lowest BCUT2D eigenvalue weighted by molar-refractivity contribution is -0.0174. The van der Waals surface area contributed by atoms with Crippen LogP contribution in [0.1, 0.15) is 34.1 Å². The second-order valence-electron chi connectivity index (χ2n) is 8.28. The average molecular weight is 511 g/mol. The molecule has 7 nitrogen and oxygen atoms in total. The molecule has 2 fully saturated rings. The van der Waals surface area contributed by atoms with Crippen molar-refractivity contribution in [1.29, 1.82) is 0 Å². The van der Waals surface area contributed by atoms with Gasteiger partial charge in [0.25, 0.3) is 0 Å². The largest absolute Gasteiger partial charge is 0.379 e. The van der Waals surface area contributed by atoms with Gasteiger partial charge < -0.3 is 20.1 Å². The van der Waals surface area contributed by atoms with Gasteiger partial charge in [-0.3, -0.25) is 14.8 Å². The van der Waals surface area contributed by atoms with Crippen LogP contribution in [0.15, 0.2) is 4.99 Å². The number of hydrogen-bond acceptors (Lipinski definition) is 5.